The molecule has 2 aromatic rings. The van der Waals surface area contributed by atoms with Crippen LogP contribution in [-0.4, -0.2) is 27.5 Å². The van der Waals surface area contributed by atoms with Gasteiger partial charge in [0.15, 0.2) is 5.82 Å². The van der Waals surface area contributed by atoms with E-state index in [0.717, 1.165) is 35.9 Å². The number of rotatable bonds is 1. The molecule has 3 heterocycles. The van der Waals surface area contributed by atoms with Gasteiger partial charge in [0.1, 0.15) is 17.2 Å². The normalized spacial score (nSPS) is 14.1. The van der Waals surface area contributed by atoms with Gasteiger partial charge in [0, 0.05) is 13.1 Å². The van der Waals surface area contributed by atoms with E-state index in [1.54, 1.807) is 6.20 Å². The summed E-state index contributed by atoms with van der Waals surface area (Å²) in [4.78, 5) is 11.2. The molecule has 0 amide bonds. The van der Waals surface area contributed by atoms with Crippen molar-refractivity contribution in [3.05, 3.63) is 17.7 Å². The van der Waals surface area contributed by atoms with Crippen LogP contribution >= 0.6 is 0 Å². The molecule has 3 rings (SSSR count). The first-order valence-corrected chi connectivity index (χ1v) is 6.53. The first-order valence-electron chi connectivity index (χ1n) is 6.53. The third-order valence-corrected chi connectivity index (χ3v) is 3.16. The van der Waals surface area contributed by atoms with Gasteiger partial charge in [-0.25, -0.2) is 9.97 Å². The fraction of sp³-hybridized carbons (Fsp3) is 0.538. The number of aromatic nitrogens is 3. The van der Waals surface area contributed by atoms with Crippen LogP contribution in [0.25, 0.3) is 5.52 Å². The van der Waals surface area contributed by atoms with Gasteiger partial charge in [-0.2, -0.15) is 0 Å². The third-order valence-electron chi connectivity index (χ3n) is 3.16. The Morgan fingerprint density at radius 3 is 2.44 bits per heavy atom. The lowest BCUT2D eigenvalue weighted by Gasteiger charge is -2.32. The van der Waals surface area contributed by atoms with E-state index in [1.807, 2.05) is 32.1 Å². The summed E-state index contributed by atoms with van der Waals surface area (Å²) in [5.74, 6) is 2.59. The van der Waals surface area contributed by atoms with E-state index in [0.29, 0.717) is 5.82 Å². The fourth-order valence-corrected chi connectivity index (χ4v) is 2.25. The lowest BCUT2D eigenvalue weighted by Crippen LogP contribution is -2.38. The maximum atomic E-state index is 5.94. The average Bonchev–Trinajstić information content (AvgIpc) is 2.60. The van der Waals surface area contributed by atoms with Crippen LogP contribution in [0.15, 0.2) is 6.20 Å². The smallest absolute Gasteiger partial charge is 0.155 e. The van der Waals surface area contributed by atoms with Gasteiger partial charge in [0.25, 0.3) is 0 Å². The van der Waals surface area contributed by atoms with Crippen LogP contribution in [0.2, 0.25) is 0 Å². The molecule has 0 atom stereocenters. The average molecular weight is 247 g/mol. The Morgan fingerprint density at radius 2 is 1.89 bits per heavy atom. The lowest BCUT2D eigenvalue weighted by atomic mass is 10.2. The highest BCUT2D eigenvalue weighted by atomic mass is 15.3. The van der Waals surface area contributed by atoms with Crippen molar-refractivity contribution in [2.45, 2.75) is 34.1 Å². The molecule has 0 bridgehead atoms. The number of aryl methyl sites for hydroxylation is 2. The van der Waals surface area contributed by atoms with E-state index >= 15 is 0 Å². The monoisotopic (exact) mass is 247 g/mol. The highest BCUT2D eigenvalue weighted by Crippen LogP contribution is 2.28. The Hall–Kier alpha value is -1.78. The number of nitrogens with two attached hydrogens (primary N) is 1. The van der Waals surface area contributed by atoms with Crippen molar-refractivity contribution in [1.29, 1.82) is 0 Å². The second-order valence-electron chi connectivity index (χ2n) is 4.28. The molecule has 1 saturated heterocycles. The predicted molar refractivity (Wildman–Crippen MR) is 75.1 cm³/mol. The Morgan fingerprint density at radius 1 is 1.22 bits per heavy atom. The molecule has 0 unspecified atom stereocenters. The largest absolute Gasteiger partial charge is 0.383 e. The topological polar surface area (TPSA) is 59.5 Å². The molecule has 0 saturated carbocycles. The molecule has 18 heavy (non-hydrogen) atoms. The van der Waals surface area contributed by atoms with Crippen LogP contribution in [0.3, 0.4) is 0 Å². The van der Waals surface area contributed by atoms with Crippen molar-refractivity contribution in [2.24, 2.45) is 0 Å². The van der Waals surface area contributed by atoms with Crippen molar-refractivity contribution in [2.75, 3.05) is 23.7 Å². The third kappa shape index (κ3) is 1.79. The van der Waals surface area contributed by atoms with Crippen molar-refractivity contribution in [1.82, 2.24) is 14.4 Å². The van der Waals surface area contributed by atoms with Crippen molar-refractivity contribution in [3.63, 3.8) is 0 Å². The summed E-state index contributed by atoms with van der Waals surface area (Å²) in [5, 5.41) is 0. The molecule has 0 aromatic carbocycles. The van der Waals surface area contributed by atoms with E-state index in [2.05, 4.69) is 14.9 Å². The number of hydrogen-bond acceptors (Lipinski definition) is 4. The van der Waals surface area contributed by atoms with Crippen molar-refractivity contribution >= 4 is 17.2 Å². The molecule has 5 nitrogen and oxygen atoms in total. The summed E-state index contributed by atoms with van der Waals surface area (Å²) < 4.78 is 1.98. The standard InChI is InChI=1S/C11H15N5.C2H6/c1-7-10-11(15-4-3-5-15)13-6-9(12)16(10)8(2)14-7;1-2/h6H,3-5,12H2,1-2H3;1-2H3. The number of anilines is 2. The molecule has 5 heteroatoms. The van der Waals surface area contributed by atoms with Crippen LogP contribution in [-0.2, 0) is 0 Å². The molecule has 1 aliphatic heterocycles. The SMILES string of the molecule is CC.Cc1nc(C)n2c(N)cnc(N3CCC3)c12. The van der Waals surface area contributed by atoms with Gasteiger partial charge < -0.3 is 10.6 Å². The number of imidazole rings is 1. The summed E-state index contributed by atoms with van der Waals surface area (Å²) in [6.07, 6.45) is 2.96. The molecule has 2 aromatic heterocycles. The van der Waals surface area contributed by atoms with Gasteiger partial charge in [-0.3, -0.25) is 4.40 Å². The molecule has 98 valence electrons. The van der Waals surface area contributed by atoms with Gasteiger partial charge >= 0.3 is 0 Å². The zero-order valence-corrected chi connectivity index (χ0v) is 11.6. The molecule has 2 N–H and O–H groups in total. The first kappa shape index (κ1) is 12.7. The van der Waals surface area contributed by atoms with Crippen molar-refractivity contribution in [3.8, 4) is 0 Å². The van der Waals surface area contributed by atoms with Gasteiger partial charge in [-0.1, -0.05) is 13.8 Å². The molecule has 1 aliphatic rings. The zero-order valence-electron chi connectivity index (χ0n) is 11.6. The fourth-order valence-electron chi connectivity index (χ4n) is 2.25. The molecule has 0 spiro atoms. The zero-order chi connectivity index (χ0) is 13.3. The predicted octanol–water partition coefficient (Wildman–Crippen LogP) is 2.16. The Kier molecular flexibility index (Phi) is 3.41. The van der Waals surface area contributed by atoms with E-state index in [1.165, 1.54) is 6.42 Å². The highest BCUT2D eigenvalue weighted by Gasteiger charge is 2.21. The number of hydrogen-bond donors (Lipinski definition) is 1. The summed E-state index contributed by atoms with van der Waals surface area (Å²) in [5.41, 5.74) is 7.99. The second kappa shape index (κ2) is 4.84. The molecule has 1 fully saturated rings. The van der Waals surface area contributed by atoms with Gasteiger partial charge in [0.05, 0.1) is 11.9 Å². The highest BCUT2D eigenvalue weighted by molar-refractivity contribution is 5.75. The van der Waals surface area contributed by atoms with E-state index in [4.69, 9.17) is 5.73 Å². The van der Waals surface area contributed by atoms with Crippen LogP contribution in [0.1, 0.15) is 31.8 Å². The molecule has 0 radical (unpaired) electrons. The second-order valence-corrected chi connectivity index (χ2v) is 4.28. The van der Waals surface area contributed by atoms with Crippen molar-refractivity contribution < 1.29 is 0 Å². The summed E-state index contributed by atoms with van der Waals surface area (Å²) >= 11 is 0. The Labute approximate surface area is 108 Å². The number of fused-ring (bicyclic) bond motifs is 1. The van der Waals surface area contributed by atoms with E-state index in [-0.39, 0.29) is 0 Å². The van der Waals surface area contributed by atoms with E-state index < -0.39 is 0 Å². The Balaban J connectivity index is 0.000000574. The minimum absolute atomic E-state index is 0.650. The molecular formula is C13H21N5. The minimum atomic E-state index is 0.650. The Bertz CT molecular complexity index is 554. The first-order chi connectivity index (χ1) is 8.68. The summed E-state index contributed by atoms with van der Waals surface area (Å²) in [7, 11) is 0. The molecular weight excluding hydrogens is 226 g/mol. The van der Waals surface area contributed by atoms with E-state index in [9.17, 15) is 0 Å². The minimum Gasteiger partial charge on any atom is -0.383 e. The molecule has 0 aliphatic carbocycles. The van der Waals surface area contributed by atoms with Crippen LogP contribution < -0.4 is 10.6 Å². The van der Waals surface area contributed by atoms with Gasteiger partial charge in [-0.05, 0) is 20.3 Å². The number of nitrogens with zero attached hydrogens (tertiary/aromatic N) is 4. The summed E-state index contributed by atoms with van der Waals surface area (Å²) in [6.45, 7) is 10.1. The van der Waals surface area contributed by atoms with Crippen LogP contribution in [0.4, 0.5) is 11.6 Å². The maximum absolute atomic E-state index is 5.94. The lowest BCUT2D eigenvalue weighted by molar-refractivity contribution is 0.610. The quantitative estimate of drug-likeness (QED) is 0.839. The van der Waals surface area contributed by atoms with Crippen LogP contribution in [0.5, 0.6) is 0 Å². The maximum Gasteiger partial charge on any atom is 0.155 e. The van der Waals surface area contributed by atoms with Crippen LogP contribution in [0, 0.1) is 13.8 Å². The van der Waals surface area contributed by atoms with Gasteiger partial charge in [-0.15, -0.1) is 0 Å². The van der Waals surface area contributed by atoms with Gasteiger partial charge in [0.2, 0.25) is 0 Å². The summed E-state index contributed by atoms with van der Waals surface area (Å²) in [6, 6.07) is 0. The number of nitrogen functional groups attached to an aromatic ring is 1.